The highest BCUT2D eigenvalue weighted by atomic mass is 79.9. The van der Waals surface area contributed by atoms with Crippen LogP contribution in [0.15, 0.2) is 16.6 Å². The molecule has 0 heterocycles. The summed E-state index contributed by atoms with van der Waals surface area (Å²) >= 11 is 3.27. The normalized spacial score (nSPS) is 9.95. The van der Waals surface area contributed by atoms with Crippen molar-refractivity contribution in [2.75, 3.05) is 19.0 Å². The second-order valence-corrected chi connectivity index (χ2v) is 5.32. The maximum atomic E-state index is 11.7. The Labute approximate surface area is 136 Å². The van der Waals surface area contributed by atoms with E-state index in [1.807, 2.05) is 0 Å². The molecule has 0 bridgehead atoms. The zero-order valence-corrected chi connectivity index (χ0v) is 13.8. The summed E-state index contributed by atoms with van der Waals surface area (Å²) in [6, 6.07) is 2.83. The van der Waals surface area contributed by atoms with E-state index in [-0.39, 0.29) is 13.0 Å². The molecule has 0 aliphatic carbocycles. The minimum absolute atomic E-state index is 0.00984. The number of ether oxygens (including phenoxy) is 1. The van der Waals surface area contributed by atoms with Gasteiger partial charge >= 0.3 is 18.0 Å². The lowest BCUT2D eigenvalue weighted by molar-refractivity contribution is -0.137. The summed E-state index contributed by atoms with van der Waals surface area (Å²) in [5.74, 6) is -1.41. The first-order valence-corrected chi connectivity index (χ1v) is 7.30. The van der Waals surface area contributed by atoms with E-state index < -0.39 is 18.0 Å². The summed E-state index contributed by atoms with van der Waals surface area (Å²) < 4.78 is 5.28. The second kappa shape index (κ2) is 8.38. The number of carboxylic acid groups (broad SMARTS) is 1. The topological polar surface area (TPSA) is 105 Å². The van der Waals surface area contributed by atoms with E-state index in [0.717, 1.165) is 0 Å². The highest BCUT2D eigenvalue weighted by molar-refractivity contribution is 9.10. The van der Waals surface area contributed by atoms with Gasteiger partial charge in [-0.25, -0.2) is 9.59 Å². The highest BCUT2D eigenvalue weighted by Crippen LogP contribution is 2.27. The van der Waals surface area contributed by atoms with E-state index in [1.54, 1.807) is 19.1 Å². The van der Waals surface area contributed by atoms with Crippen molar-refractivity contribution in [3.63, 3.8) is 0 Å². The number of methoxy groups -OCH3 is 1. The van der Waals surface area contributed by atoms with Crippen LogP contribution in [0.3, 0.4) is 0 Å². The third kappa shape index (κ3) is 5.03. The fourth-order valence-electron chi connectivity index (χ4n) is 1.77. The van der Waals surface area contributed by atoms with E-state index in [2.05, 4.69) is 26.6 Å². The molecule has 0 aliphatic heterocycles. The molecular formula is C14H17BrN2O5. The van der Waals surface area contributed by atoms with Crippen molar-refractivity contribution in [1.29, 1.82) is 0 Å². The number of nitrogens with one attached hydrogen (secondary N) is 2. The summed E-state index contributed by atoms with van der Waals surface area (Å²) in [7, 11) is 1.28. The van der Waals surface area contributed by atoms with Crippen LogP contribution in [0.2, 0.25) is 0 Å². The number of amides is 2. The summed E-state index contributed by atoms with van der Waals surface area (Å²) in [4.78, 5) is 33.8. The largest absolute Gasteiger partial charge is 0.481 e. The quantitative estimate of drug-likeness (QED) is 0.525. The van der Waals surface area contributed by atoms with Gasteiger partial charge in [-0.2, -0.15) is 0 Å². The lowest BCUT2D eigenvalue weighted by Gasteiger charge is -2.13. The van der Waals surface area contributed by atoms with Gasteiger partial charge < -0.3 is 20.5 Å². The highest BCUT2D eigenvalue weighted by Gasteiger charge is 2.17. The van der Waals surface area contributed by atoms with E-state index in [9.17, 15) is 14.4 Å². The number of halogens is 1. The molecule has 0 radical (unpaired) electrons. The maximum Gasteiger partial charge on any atom is 0.339 e. The fraction of sp³-hybridized carbons (Fsp3) is 0.357. The van der Waals surface area contributed by atoms with Gasteiger partial charge in [0.25, 0.3) is 0 Å². The molecule has 0 atom stereocenters. The molecule has 2 amide bonds. The first-order chi connectivity index (χ1) is 10.4. The molecule has 0 spiro atoms. The molecule has 8 heteroatoms. The van der Waals surface area contributed by atoms with Crippen LogP contribution in [0.25, 0.3) is 0 Å². The fourth-order valence-corrected chi connectivity index (χ4v) is 2.37. The lowest BCUT2D eigenvalue weighted by atomic mass is 10.1. The molecule has 0 fully saturated rings. The van der Waals surface area contributed by atoms with Gasteiger partial charge in [-0.3, -0.25) is 4.79 Å². The molecule has 0 saturated carbocycles. The number of esters is 1. The van der Waals surface area contributed by atoms with Crippen LogP contribution in [0.4, 0.5) is 10.5 Å². The number of carbonyl (C=O) groups is 3. The number of anilines is 1. The predicted octanol–water partition coefficient (Wildman–Crippen LogP) is 2.53. The third-order valence-electron chi connectivity index (χ3n) is 2.90. The van der Waals surface area contributed by atoms with Gasteiger partial charge in [-0.15, -0.1) is 0 Å². The number of hydrogen-bond donors (Lipinski definition) is 3. The first kappa shape index (κ1) is 18.0. The summed E-state index contributed by atoms with van der Waals surface area (Å²) in [5.41, 5.74) is 1.38. The molecule has 0 aromatic heterocycles. The predicted molar refractivity (Wildman–Crippen MR) is 84.1 cm³/mol. The van der Waals surface area contributed by atoms with Crippen LogP contribution in [0.5, 0.6) is 0 Å². The zero-order valence-electron chi connectivity index (χ0n) is 12.2. The van der Waals surface area contributed by atoms with Crippen LogP contribution in [0.1, 0.15) is 28.8 Å². The van der Waals surface area contributed by atoms with Gasteiger partial charge in [0.1, 0.15) is 0 Å². The second-order valence-electron chi connectivity index (χ2n) is 4.46. The van der Waals surface area contributed by atoms with Crippen LogP contribution < -0.4 is 10.6 Å². The van der Waals surface area contributed by atoms with Gasteiger partial charge in [0.15, 0.2) is 0 Å². The van der Waals surface area contributed by atoms with Crippen LogP contribution in [-0.2, 0) is 9.53 Å². The standard InChI is InChI=1S/C14H17BrN2O5/c1-8-10(6-5-9(15)12(8)13(20)22-2)17-14(21)16-7-3-4-11(18)19/h5-6H,3-4,7H2,1-2H3,(H,18,19)(H2,16,17,21). The average molecular weight is 373 g/mol. The number of urea groups is 1. The third-order valence-corrected chi connectivity index (χ3v) is 3.57. The molecule has 120 valence electrons. The molecule has 0 aliphatic rings. The van der Waals surface area contributed by atoms with Crippen molar-refractivity contribution in [2.24, 2.45) is 0 Å². The molecule has 1 aromatic carbocycles. The Hall–Kier alpha value is -2.09. The van der Waals surface area contributed by atoms with E-state index >= 15 is 0 Å². The molecule has 0 saturated heterocycles. The Kier molecular flexibility index (Phi) is 6.84. The van der Waals surface area contributed by atoms with Gasteiger partial charge in [-0.05, 0) is 47.0 Å². The number of carbonyl (C=O) groups excluding carboxylic acids is 2. The van der Waals surface area contributed by atoms with Gasteiger partial charge in [-0.1, -0.05) is 0 Å². The molecule has 22 heavy (non-hydrogen) atoms. The molecule has 0 unspecified atom stereocenters. The Morgan fingerprint density at radius 1 is 1.32 bits per heavy atom. The Morgan fingerprint density at radius 3 is 2.59 bits per heavy atom. The van der Waals surface area contributed by atoms with Crippen molar-refractivity contribution in [3.05, 3.63) is 27.7 Å². The smallest absolute Gasteiger partial charge is 0.339 e. The minimum Gasteiger partial charge on any atom is -0.481 e. The van der Waals surface area contributed by atoms with Gasteiger partial charge in [0.2, 0.25) is 0 Å². The first-order valence-electron chi connectivity index (χ1n) is 6.51. The number of aliphatic carboxylic acids is 1. The van der Waals surface area contributed by atoms with Crippen molar-refractivity contribution in [1.82, 2.24) is 5.32 Å². The van der Waals surface area contributed by atoms with Crippen molar-refractivity contribution in [3.8, 4) is 0 Å². The van der Waals surface area contributed by atoms with Crippen LogP contribution in [-0.4, -0.2) is 36.7 Å². The summed E-state index contributed by atoms with van der Waals surface area (Å²) in [5, 5.41) is 13.7. The van der Waals surface area contributed by atoms with Crippen molar-refractivity contribution < 1.29 is 24.2 Å². The molecule has 1 aromatic rings. The Balaban J connectivity index is 2.71. The molecule has 3 N–H and O–H groups in total. The Morgan fingerprint density at radius 2 is 2.00 bits per heavy atom. The summed E-state index contributed by atoms with van der Waals surface area (Å²) in [6.45, 7) is 1.94. The van der Waals surface area contributed by atoms with Gasteiger partial charge in [0.05, 0.1) is 12.7 Å². The SMILES string of the molecule is COC(=O)c1c(Br)ccc(NC(=O)NCCCC(=O)O)c1C. The zero-order chi connectivity index (χ0) is 16.7. The van der Waals surface area contributed by atoms with Crippen LogP contribution in [0, 0.1) is 6.92 Å². The van der Waals surface area contributed by atoms with E-state index in [1.165, 1.54) is 7.11 Å². The number of rotatable bonds is 6. The number of benzene rings is 1. The molecular weight excluding hydrogens is 356 g/mol. The number of hydrogen-bond acceptors (Lipinski definition) is 4. The number of carboxylic acids is 1. The molecule has 1 rings (SSSR count). The van der Waals surface area contributed by atoms with E-state index in [4.69, 9.17) is 9.84 Å². The van der Waals surface area contributed by atoms with Crippen molar-refractivity contribution in [2.45, 2.75) is 19.8 Å². The van der Waals surface area contributed by atoms with Crippen LogP contribution >= 0.6 is 15.9 Å². The van der Waals surface area contributed by atoms with E-state index in [0.29, 0.717) is 27.7 Å². The maximum absolute atomic E-state index is 11.7. The summed E-state index contributed by atoms with van der Waals surface area (Å²) in [6.07, 6.45) is 0.333. The average Bonchev–Trinajstić information content (AvgIpc) is 2.46. The lowest BCUT2D eigenvalue weighted by Crippen LogP contribution is -2.30. The van der Waals surface area contributed by atoms with Crippen molar-refractivity contribution >= 4 is 39.6 Å². The Bertz CT molecular complexity index is 589. The van der Waals surface area contributed by atoms with Gasteiger partial charge in [0, 0.05) is 23.1 Å². The minimum atomic E-state index is -0.909. The monoisotopic (exact) mass is 372 g/mol. The molecule has 7 nitrogen and oxygen atoms in total.